The Hall–Kier alpha value is -2.92. The topological polar surface area (TPSA) is 55.6 Å². The molecule has 0 fully saturated rings. The molecule has 0 spiro atoms. The number of pyridine rings is 1. The van der Waals surface area contributed by atoms with E-state index in [4.69, 9.17) is 11.6 Å². The Balaban J connectivity index is 1.77. The number of nitrogens with zero attached hydrogens (tertiary/aromatic N) is 4. The highest BCUT2D eigenvalue weighted by molar-refractivity contribution is 6.30. The lowest BCUT2D eigenvalue weighted by Crippen LogP contribution is -2.10. The maximum Gasteiger partial charge on any atom is 0.202 e. The van der Waals surface area contributed by atoms with Crippen LogP contribution in [0.1, 0.15) is 18.5 Å². The number of benzene rings is 2. The quantitative estimate of drug-likeness (QED) is 0.583. The van der Waals surface area contributed by atoms with E-state index in [1.54, 1.807) is 10.9 Å². The highest BCUT2D eigenvalue weighted by Gasteiger charge is 2.14. The highest BCUT2D eigenvalue weighted by Crippen LogP contribution is 2.29. The zero-order chi connectivity index (χ0) is 17.2. The van der Waals surface area contributed by atoms with Crippen LogP contribution in [-0.4, -0.2) is 20.0 Å². The molecule has 5 nitrogen and oxygen atoms in total. The summed E-state index contributed by atoms with van der Waals surface area (Å²) in [6.45, 7) is 2.12. The second-order valence-corrected chi connectivity index (χ2v) is 6.22. The summed E-state index contributed by atoms with van der Waals surface area (Å²) in [5, 5.41) is 12.6. The molecule has 0 bridgehead atoms. The third-order valence-electron chi connectivity index (χ3n) is 4.08. The number of rotatable bonds is 4. The number of aromatic nitrogens is 4. The average Bonchev–Trinajstić information content (AvgIpc) is 3.08. The van der Waals surface area contributed by atoms with Crippen LogP contribution >= 0.6 is 11.6 Å². The van der Waals surface area contributed by atoms with E-state index in [0.29, 0.717) is 10.7 Å². The number of hydrogen-bond acceptors (Lipinski definition) is 4. The minimum atomic E-state index is 0.133. The molecule has 0 saturated carbocycles. The van der Waals surface area contributed by atoms with Crippen LogP contribution < -0.4 is 5.32 Å². The molecular weight excluding hydrogens is 334 g/mol. The predicted octanol–water partition coefficient (Wildman–Crippen LogP) is 4.64. The van der Waals surface area contributed by atoms with E-state index in [9.17, 15) is 0 Å². The lowest BCUT2D eigenvalue weighted by atomic mass is 10.1. The second kappa shape index (κ2) is 6.53. The van der Waals surface area contributed by atoms with Crippen molar-refractivity contribution in [2.24, 2.45) is 0 Å². The molecule has 4 rings (SSSR count). The van der Waals surface area contributed by atoms with Crippen molar-refractivity contribution in [3.8, 4) is 5.69 Å². The number of hydrogen-bond donors (Lipinski definition) is 1. The van der Waals surface area contributed by atoms with Gasteiger partial charge in [-0.1, -0.05) is 47.1 Å². The first-order valence-electron chi connectivity index (χ1n) is 8.00. The van der Waals surface area contributed by atoms with Gasteiger partial charge in [-0.2, -0.15) is 0 Å². The Morgan fingerprint density at radius 2 is 1.88 bits per heavy atom. The molecule has 25 heavy (non-hydrogen) atoms. The fourth-order valence-electron chi connectivity index (χ4n) is 2.80. The lowest BCUT2D eigenvalue weighted by molar-refractivity contribution is 0.815. The first-order valence-corrected chi connectivity index (χ1v) is 8.38. The Kier molecular flexibility index (Phi) is 4.07. The van der Waals surface area contributed by atoms with Gasteiger partial charge < -0.3 is 5.32 Å². The number of nitrogens with one attached hydrogen (secondary N) is 1. The van der Waals surface area contributed by atoms with Crippen molar-refractivity contribution in [3.05, 3.63) is 77.4 Å². The predicted molar refractivity (Wildman–Crippen MR) is 100 cm³/mol. The van der Waals surface area contributed by atoms with E-state index < -0.39 is 0 Å². The van der Waals surface area contributed by atoms with Crippen LogP contribution in [0.5, 0.6) is 0 Å². The van der Waals surface area contributed by atoms with Gasteiger partial charge in [-0.05, 0) is 42.8 Å². The standard InChI is InChI=1S/C19H16ClN5/c1-13(14-6-3-2-4-7-14)22-16-10-9-15(20)12-18(16)25-17-8-5-11-21-19(17)23-24-25/h2-13,22H,1H3. The third kappa shape index (κ3) is 3.06. The molecule has 0 aliphatic heterocycles. The minimum absolute atomic E-state index is 0.133. The summed E-state index contributed by atoms with van der Waals surface area (Å²) in [6.07, 6.45) is 1.70. The van der Waals surface area contributed by atoms with Gasteiger partial charge in [0.25, 0.3) is 0 Å². The smallest absolute Gasteiger partial charge is 0.202 e. The molecule has 1 atom stereocenters. The van der Waals surface area contributed by atoms with E-state index in [1.807, 2.05) is 48.5 Å². The Morgan fingerprint density at radius 3 is 2.72 bits per heavy atom. The van der Waals surface area contributed by atoms with Crippen LogP contribution in [0.4, 0.5) is 5.69 Å². The second-order valence-electron chi connectivity index (χ2n) is 5.79. The first-order chi connectivity index (χ1) is 12.2. The Morgan fingerprint density at radius 1 is 1.04 bits per heavy atom. The van der Waals surface area contributed by atoms with Crippen LogP contribution in [0.15, 0.2) is 66.9 Å². The molecule has 2 heterocycles. The van der Waals surface area contributed by atoms with E-state index >= 15 is 0 Å². The molecular formula is C19H16ClN5. The monoisotopic (exact) mass is 349 g/mol. The summed E-state index contributed by atoms with van der Waals surface area (Å²) < 4.78 is 1.76. The molecule has 0 saturated heterocycles. The lowest BCUT2D eigenvalue weighted by Gasteiger charge is -2.19. The van der Waals surface area contributed by atoms with Crippen LogP contribution in [-0.2, 0) is 0 Å². The van der Waals surface area contributed by atoms with E-state index in [1.165, 1.54) is 5.56 Å². The highest BCUT2D eigenvalue weighted by atomic mass is 35.5. The van der Waals surface area contributed by atoms with Crippen molar-refractivity contribution >= 4 is 28.5 Å². The van der Waals surface area contributed by atoms with Gasteiger partial charge in [0.05, 0.1) is 11.4 Å². The molecule has 2 aromatic heterocycles. The molecule has 1 N–H and O–H groups in total. The normalized spacial score (nSPS) is 12.2. The van der Waals surface area contributed by atoms with Crippen molar-refractivity contribution in [3.63, 3.8) is 0 Å². The van der Waals surface area contributed by atoms with Crippen molar-refractivity contribution in [1.82, 2.24) is 20.0 Å². The van der Waals surface area contributed by atoms with Crippen LogP contribution in [0.2, 0.25) is 5.02 Å². The fourth-order valence-corrected chi connectivity index (χ4v) is 2.97. The maximum absolute atomic E-state index is 6.23. The van der Waals surface area contributed by atoms with E-state index in [-0.39, 0.29) is 6.04 Å². The number of anilines is 1. The fraction of sp³-hybridized carbons (Fsp3) is 0.105. The zero-order valence-electron chi connectivity index (χ0n) is 13.6. The van der Waals surface area contributed by atoms with Crippen LogP contribution in [0, 0.1) is 0 Å². The molecule has 124 valence electrons. The summed E-state index contributed by atoms with van der Waals surface area (Å²) in [4.78, 5) is 4.24. The zero-order valence-corrected chi connectivity index (χ0v) is 14.4. The van der Waals surface area contributed by atoms with Gasteiger partial charge in [0.1, 0.15) is 5.52 Å². The average molecular weight is 350 g/mol. The van der Waals surface area contributed by atoms with Crippen molar-refractivity contribution in [2.75, 3.05) is 5.32 Å². The SMILES string of the molecule is CC(Nc1ccc(Cl)cc1-n1nnc2ncccc21)c1ccccc1. The molecule has 4 aromatic rings. The van der Waals surface area contributed by atoms with Crippen molar-refractivity contribution in [2.45, 2.75) is 13.0 Å². The van der Waals surface area contributed by atoms with Gasteiger partial charge in [-0.25, -0.2) is 9.67 Å². The summed E-state index contributed by atoms with van der Waals surface area (Å²) >= 11 is 6.23. The summed E-state index contributed by atoms with van der Waals surface area (Å²) in [5.74, 6) is 0. The molecule has 1 unspecified atom stereocenters. The molecule has 6 heteroatoms. The van der Waals surface area contributed by atoms with Gasteiger partial charge in [-0.15, -0.1) is 5.10 Å². The summed E-state index contributed by atoms with van der Waals surface area (Å²) in [7, 11) is 0. The van der Waals surface area contributed by atoms with Crippen molar-refractivity contribution in [1.29, 1.82) is 0 Å². The Labute approximate surface area is 150 Å². The van der Waals surface area contributed by atoms with E-state index in [2.05, 4.69) is 39.7 Å². The largest absolute Gasteiger partial charge is 0.377 e. The van der Waals surface area contributed by atoms with Crippen molar-refractivity contribution < 1.29 is 0 Å². The summed E-state index contributed by atoms with van der Waals surface area (Å²) in [6, 6.07) is 19.9. The van der Waals surface area contributed by atoms with Crippen LogP contribution in [0.3, 0.4) is 0 Å². The number of halogens is 1. The Bertz CT molecular complexity index is 1010. The molecule has 2 aromatic carbocycles. The van der Waals surface area contributed by atoms with Gasteiger partial charge in [0, 0.05) is 17.3 Å². The molecule has 0 amide bonds. The van der Waals surface area contributed by atoms with Crippen LogP contribution in [0.25, 0.3) is 16.9 Å². The van der Waals surface area contributed by atoms with E-state index in [0.717, 1.165) is 16.9 Å². The minimum Gasteiger partial charge on any atom is -0.377 e. The number of fused-ring (bicyclic) bond motifs is 1. The van der Waals surface area contributed by atoms with Gasteiger partial charge in [0.2, 0.25) is 5.65 Å². The van der Waals surface area contributed by atoms with Gasteiger partial charge in [0.15, 0.2) is 0 Å². The summed E-state index contributed by atoms with van der Waals surface area (Å²) in [5.41, 5.74) is 4.40. The molecule has 0 aliphatic carbocycles. The first kappa shape index (κ1) is 15.6. The third-order valence-corrected chi connectivity index (χ3v) is 4.32. The van der Waals surface area contributed by atoms with Gasteiger partial charge in [-0.3, -0.25) is 0 Å². The molecule has 0 aliphatic rings. The van der Waals surface area contributed by atoms with Gasteiger partial charge >= 0.3 is 0 Å². The molecule has 0 radical (unpaired) electrons. The maximum atomic E-state index is 6.23.